The van der Waals surface area contributed by atoms with E-state index >= 15 is 0 Å². The first-order valence-electron chi connectivity index (χ1n) is 3.26. The Balaban J connectivity index is 0. The van der Waals surface area contributed by atoms with Gasteiger partial charge in [-0.05, 0) is 6.92 Å². The molecule has 0 spiro atoms. The summed E-state index contributed by atoms with van der Waals surface area (Å²) in [6, 6.07) is 0. The Bertz CT molecular complexity index is 235. The van der Waals surface area contributed by atoms with Crippen LogP contribution in [0.5, 0.6) is 0 Å². The molecule has 2 N–H and O–H groups in total. The molecular weight excluding hydrogens is 223 g/mol. The molecule has 7 heteroatoms. The Kier molecular flexibility index (Phi) is 9.58. The van der Waals surface area contributed by atoms with Gasteiger partial charge in [-0.2, -0.15) is 8.42 Å². The van der Waals surface area contributed by atoms with Crippen LogP contribution in [0.15, 0.2) is 12.7 Å². The topological polar surface area (TPSA) is 83.8 Å². The third-order valence-corrected chi connectivity index (χ3v) is 2.18. The van der Waals surface area contributed by atoms with Gasteiger partial charge < -0.3 is 9.84 Å². The normalized spacial score (nSPS) is 15.6. The van der Waals surface area contributed by atoms with Gasteiger partial charge in [0.2, 0.25) is 5.44 Å². The Morgan fingerprint density at radius 2 is 2.08 bits per heavy atom. The van der Waals surface area contributed by atoms with Crippen LogP contribution in [-0.2, 0) is 14.9 Å². The van der Waals surface area contributed by atoms with E-state index in [1.165, 1.54) is 13.0 Å². The maximum atomic E-state index is 10.5. The number of aliphatic hydroxyl groups is 1. The van der Waals surface area contributed by atoms with Gasteiger partial charge in [-0.3, -0.25) is 4.55 Å². The molecule has 0 aromatic carbocycles. The van der Waals surface area contributed by atoms with Crippen LogP contribution in [-0.4, -0.2) is 87.6 Å². The maximum absolute atomic E-state index is 10.5. The van der Waals surface area contributed by atoms with Crippen molar-refractivity contribution in [1.29, 1.82) is 0 Å². The van der Waals surface area contributed by atoms with Crippen molar-refractivity contribution in [3.8, 4) is 0 Å². The fraction of sp³-hybridized carbons (Fsp3) is 0.667. The van der Waals surface area contributed by atoms with E-state index in [0.29, 0.717) is 0 Å². The van der Waals surface area contributed by atoms with Crippen LogP contribution in [0.25, 0.3) is 0 Å². The van der Waals surface area contributed by atoms with E-state index in [0.717, 1.165) is 0 Å². The van der Waals surface area contributed by atoms with Crippen molar-refractivity contribution in [2.24, 2.45) is 0 Å². The number of ether oxygens (including phenoxy) is 1. The minimum absolute atomic E-state index is 0. The number of hydrogen-bond donors (Lipinski definition) is 2. The van der Waals surface area contributed by atoms with Crippen LogP contribution in [0.2, 0.25) is 0 Å². The predicted octanol–water partition coefficient (Wildman–Crippen LogP) is -0.865. The molecule has 0 bridgehead atoms. The van der Waals surface area contributed by atoms with Crippen molar-refractivity contribution in [3.05, 3.63) is 12.7 Å². The second-order valence-corrected chi connectivity index (χ2v) is 3.74. The molecule has 0 rings (SSSR count). The fourth-order valence-electron chi connectivity index (χ4n) is 0.637. The van der Waals surface area contributed by atoms with Crippen molar-refractivity contribution < 1.29 is 22.8 Å². The third-order valence-electron chi connectivity index (χ3n) is 1.07. The van der Waals surface area contributed by atoms with E-state index in [1.54, 1.807) is 0 Å². The van der Waals surface area contributed by atoms with Crippen molar-refractivity contribution in [1.82, 2.24) is 0 Å². The van der Waals surface area contributed by atoms with Gasteiger partial charge in [-0.15, -0.1) is 6.58 Å². The van der Waals surface area contributed by atoms with Gasteiger partial charge in [-0.25, -0.2) is 0 Å². The summed E-state index contributed by atoms with van der Waals surface area (Å²) >= 11 is 0. The van der Waals surface area contributed by atoms with Crippen molar-refractivity contribution in [2.75, 3.05) is 6.61 Å². The van der Waals surface area contributed by atoms with Crippen molar-refractivity contribution >= 4 is 61.5 Å². The van der Waals surface area contributed by atoms with Gasteiger partial charge >= 0.3 is 51.4 Å². The molecule has 0 aliphatic rings. The van der Waals surface area contributed by atoms with Gasteiger partial charge in [-0.1, -0.05) is 6.08 Å². The molecule has 0 saturated carbocycles. The molecule has 0 amide bonds. The summed E-state index contributed by atoms with van der Waals surface area (Å²) in [6.07, 6.45) is 0.0422. The molecule has 2 unspecified atom stereocenters. The molecule has 0 aromatic rings. The zero-order chi connectivity index (χ0) is 9.78. The van der Waals surface area contributed by atoms with Crippen LogP contribution in [0.4, 0.5) is 0 Å². The molecule has 74 valence electrons. The molecule has 2 atom stereocenters. The SMILES string of the molecule is C=CCOC(C(C)O)S(=O)(=O)O.[KH]. The van der Waals surface area contributed by atoms with Gasteiger partial charge in [0.1, 0.15) is 0 Å². The summed E-state index contributed by atoms with van der Waals surface area (Å²) in [4.78, 5) is 0. The van der Waals surface area contributed by atoms with Crippen LogP contribution in [0, 0.1) is 0 Å². The van der Waals surface area contributed by atoms with E-state index in [1.807, 2.05) is 0 Å². The van der Waals surface area contributed by atoms with Crippen molar-refractivity contribution in [3.63, 3.8) is 0 Å². The van der Waals surface area contributed by atoms with Gasteiger partial charge in [0, 0.05) is 0 Å². The van der Waals surface area contributed by atoms with Gasteiger partial charge in [0.15, 0.2) is 0 Å². The van der Waals surface area contributed by atoms with Gasteiger partial charge in [0.25, 0.3) is 10.1 Å². The van der Waals surface area contributed by atoms with E-state index in [2.05, 4.69) is 11.3 Å². The summed E-state index contributed by atoms with van der Waals surface area (Å²) in [5.41, 5.74) is -1.60. The molecule has 5 nitrogen and oxygen atoms in total. The average molecular weight is 236 g/mol. The quantitative estimate of drug-likeness (QED) is 0.368. The van der Waals surface area contributed by atoms with E-state index in [4.69, 9.17) is 9.66 Å². The molecule has 0 aliphatic heterocycles. The Labute approximate surface area is 120 Å². The second kappa shape index (κ2) is 7.49. The molecule has 0 fully saturated rings. The van der Waals surface area contributed by atoms with Crippen LogP contribution < -0.4 is 0 Å². The van der Waals surface area contributed by atoms with E-state index in [-0.39, 0.29) is 58.0 Å². The Hall–Kier alpha value is 1.21. The monoisotopic (exact) mass is 236 g/mol. The molecule has 0 aliphatic carbocycles. The van der Waals surface area contributed by atoms with Crippen LogP contribution in [0.3, 0.4) is 0 Å². The fourth-order valence-corrected chi connectivity index (χ4v) is 1.39. The summed E-state index contributed by atoms with van der Waals surface area (Å²) in [5, 5.41) is 8.88. The first-order chi connectivity index (χ1) is 5.39. The zero-order valence-corrected chi connectivity index (χ0v) is 7.49. The summed E-state index contributed by atoms with van der Waals surface area (Å²) < 4.78 is 34.2. The Morgan fingerprint density at radius 3 is 2.31 bits per heavy atom. The summed E-state index contributed by atoms with van der Waals surface area (Å²) in [7, 11) is -4.36. The molecule has 0 saturated heterocycles. The number of aliphatic hydroxyl groups excluding tert-OH is 1. The standard InChI is InChI=1S/C6H12O5S.K.H/c1-3-4-11-6(5(2)7)12(8,9)10;;/h3,5-7H,1,4H2,2H3,(H,8,9,10);;. The molecular formula is C6H13KO5S. The van der Waals surface area contributed by atoms with Crippen LogP contribution >= 0.6 is 0 Å². The van der Waals surface area contributed by atoms with E-state index in [9.17, 15) is 8.42 Å². The number of hydrogen-bond acceptors (Lipinski definition) is 4. The first-order valence-corrected chi connectivity index (χ1v) is 4.76. The summed E-state index contributed by atoms with van der Waals surface area (Å²) in [6.45, 7) is 4.45. The molecule has 0 radical (unpaired) electrons. The zero-order valence-electron chi connectivity index (χ0n) is 6.67. The minimum atomic E-state index is -4.36. The second-order valence-electron chi connectivity index (χ2n) is 2.25. The number of rotatable bonds is 5. The average Bonchev–Trinajstić information content (AvgIpc) is 1.84. The molecule has 13 heavy (non-hydrogen) atoms. The van der Waals surface area contributed by atoms with Crippen molar-refractivity contribution in [2.45, 2.75) is 18.5 Å². The van der Waals surface area contributed by atoms with Crippen LogP contribution in [0.1, 0.15) is 6.92 Å². The van der Waals surface area contributed by atoms with E-state index < -0.39 is 21.7 Å². The first kappa shape index (κ1) is 16.6. The molecule has 0 heterocycles. The Morgan fingerprint density at radius 1 is 1.62 bits per heavy atom. The predicted molar refractivity (Wildman–Crippen MR) is 50.3 cm³/mol. The van der Waals surface area contributed by atoms with Gasteiger partial charge in [0.05, 0.1) is 12.7 Å². The summed E-state index contributed by atoms with van der Waals surface area (Å²) in [5.74, 6) is 0. The molecule has 0 aromatic heterocycles. The third kappa shape index (κ3) is 7.17.